The minimum atomic E-state index is -0.0632. The number of nitrogens with zero attached hydrogens (tertiary/aromatic N) is 1. The van der Waals surface area contributed by atoms with Crippen LogP contribution in [0.2, 0.25) is 0 Å². The smallest absolute Gasteiger partial charge is 0.231 e. The minimum Gasteiger partial charge on any atom is -0.486 e. The third-order valence-electron chi connectivity index (χ3n) is 4.65. The molecule has 1 N–H and O–H groups in total. The monoisotopic (exact) mass is 400 g/mol. The van der Waals surface area contributed by atoms with Gasteiger partial charge in [0.2, 0.25) is 6.79 Å². The third-order valence-corrected chi connectivity index (χ3v) is 5.06. The van der Waals surface area contributed by atoms with E-state index >= 15 is 0 Å². The molecule has 2 aromatic rings. The maximum absolute atomic E-state index is 6.09. The van der Waals surface area contributed by atoms with Crippen LogP contribution in [0, 0.1) is 0 Å². The molecule has 2 aromatic carbocycles. The van der Waals surface area contributed by atoms with E-state index < -0.39 is 0 Å². The summed E-state index contributed by atoms with van der Waals surface area (Å²) in [4.78, 5) is 2.14. The van der Waals surface area contributed by atoms with E-state index in [9.17, 15) is 0 Å². The van der Waals surface area contributed by atoms with Crippen molar-refractivity contribution < 1.29 is 18.9 Å². The third kappa shape index (κ3) is 4.25. The molecule has 6 nitrogen and oxygen atoms in total. The highest BCUT2D eigenvalue weighted by Crippen LogP contribution is 2.33. The lowest BCUT2D eigenvalue weighted by molar-refractivity contribution is 0.0740. The standard InChI is InChI=1S/C21H24N2O4S/c1-2-9-23(12-16-13-24-17-5-3-4-6-19(17)27-16)21(28)22-11-15-7-8-18-20(10-15)26-14-25-18/h3-8,10,16H,2,9,11-14H2,1H3,(H,22,28)/t16-/m1/s1. The highest BCUT2D eigenvalue weighted by molar-refractivity contribution is 7.80. The van der Waals surface area contributed by atoms with Crippen molar-refractivity contribution in [3.8, 4) is 23.0 Å². The Balaban J connectivity index is 1.34. The Morgan fingerprint density at radius 3 is 2.71 bits per heavy atom. The Labute approximate surface area is 170 Å². The maximum Gasteiger partial charge on any atom is 0.231 e. The van der Waals surface area contributed by atoms with Crippen molar-refractivity contribution in [1.82, 2.24) is 10.2 Å². The molecule has 2 aliphatic rings. The molecule has 0 radical (unpaired) electrons. The van der Waals surface area contributed by atoms with E-state index in [1.807, 2.05) is 42.5 Å². The van der Waals surface area contributed by atoms with Gasteiger partial charge in [0.1, 0.15) is 6.61 Å². The lowest BCUT2D eigenvalue weighted by Crippen LogP contribution is -2.47. The molecule has 2 heterocycles. The number of hydrogen-bond acceptors (Lipinski definition) is 5. The lowest BCUT2D eigenvalue weighted by atomic mass is 10.2. The zero-order valence-corrected chi connectivity index (χ0v) is 16.7. The summed E-state index contributed by atoms with van der Waals surface area (Å²) in [5.41, 5.74) is 1.09. The van der Waals surface area contributed by atoms with Crippen LogP contribution in [0.25, 0.3) is 0 Å². The second kappa shape index (κ2) is 8.56. The average Bonchev–Trinajstić information content (AvgIpc) is 3.19. The molecule has 0 fully saturated rings. The van der Waals surface area contributed by atoms with Crippen LogP contribution in [0.15, 0.2) is 42.5 Å². The highest BCUT2D eigenvalue weighted by atomic mass is 32.1. The first kappa shape index (κ1) is 18.7. The van der Waals surface area contributed by atoms with Crippen LogP contribution in [0.5, 0.6) is 23.0 Å². The summed E-state index contributed by atoms with van der Waals surface area (Å²) < 4.78 is 22.7. The predicted molar refractivity (Wildman–Crippen MR) is 110 cm³/mol. The van der Waals surface area contributed by atoms with Gasteiger partial charge >= 0.3 is 0 Å². The van der Waals surface area contributed by atoms with Gasteiger partial charge < -0.3 is 29.2 Å². The van der Waals surface area contributed by atoms with Gasteiger partial charge in [-0.3, -0.25) is 0 Å². The zero-order valence-electron chi connectivity index (χ0n) is 15.8. The summed E-state index contributed by atoms with van der Waals surface area (Å²) in [5.74, 6) is 3.15. The number of thiocarbonyl (C=S) groups is 1. The van der Waals surface area contributed by atoms with Gasteiger partial charge in [0.15, 0.2) is 34.2 Å². The first-order valence-electron chi connectivity index (χ1n) is 9.52. The summed E-state index contributed by atoms with van der Waals surface area (Å²) in [5, 5.41) is 4.06. The fraction of sp³-hybridized carbons (Fsp3) is 0.381. The number of benzene rings is 2. The van der Waals surface area contributed by atoms with Crippen molar-refractivity contribution >= 4 is 17.3 Å². The largest absolute Gasteiger partial charge is 0.486 e. The van der Waals surface area contributed by atoms with Crippen molar-refractivity contribution in [3.63, 3.8) is 0 Å². The van der Waals surface area contributed by atoms with Crippen molar-refractivity contribution in [2.24, 2.45) is 0 Å². The lowest BCUT2D eigenvalue weighted by Gasteiger charge is -2.32. The maximum atomic E-state index is 6.09. The van der Waals surface area contributed by atoms with E-state index in [1.165, 1.54) is 0 Å². The molecule has 0 unspecified atom stereocenters. The van der Waals surface area contributed by atoms with Gasteiger partial charge in [-0.25, -0.2) is 0 Å². The Hall–Kier alpha value is -2.67. The Bertz CT molecular complexity index is 845. The molecular formula is C21H24N2O4S. The molecular weight excluding hydrogens is 376 g/mol. The summed E-state index contributed by atoms with van der Waals surface area (Å²) in [6.45, 7) is 5.09. The Morgan fingerprint density at radius 1 is 1.07 bits per heavy atom. The Kier molecular flexibility index (Phi) is 5.71. The molecule has 7 heteroatoms. The summed E-state index contributed by atoms with van der Waals surface area (Å²) >= 11 is 5.65. The fourth-order valence-electron chi connectivity index (χ4n) is 3.28. The second-order valence-electron chi connectivity index (χ2n) is 6.79. The van der Waals surface area contributed by atoms with E-state index in [2.05, 4.69) is 17.1 Å². The van der Waals surface area contributed by atoms with E-state index in [0.717, 1.165) is 41.5 Å². The normalized spacial score (nSPS) is 16.5. The van der Waals surface area contributed by atoms with E-state index in [0.29, 0.717) is 24.8 Å². The molecule has 0 spiro atoms. The van der Waals surface area contributed by atoms with Crippen LogP contribution < -0.4 is 24.3 Å². The fourth-order valence-corrected chi connectivity index (χ4v) is 3.52. The van der Waals surface area contributed by atoms with Crippen molar-refractivity contribution in [3.05, 3.63) is 48.0 Å². The Morgan fingerprint density at radius 2 is 1.86 bits per heavy atom. The predicted octanol–water partition coefficient (Wildman–Crippen LogP) is 3.34. The molecule has 1 atom stereocenters. The first-order valence-corrected chi connectivity index (χ1v) is 9.93. The van der Waals surface area contributed by atoms with Gasteiger partial charge in [-0.2, -0.15) is 0 Å². The number of hydrogen-bond donors (Lipinski definition) is 1. The van der Waals surface area contributed by atoms with Gasteiger partial charge in [-0.1, -0.05) is 25.1 Å². The number of fused-ring (bicyclic) bond motifs is 2. The molecule has 148 valence electrons. The SMILES string of the molecule is CCCN(C[C@@H]1COc2ccccc2O1)C(=S)NCc1ccc2c(c1)OCO2. The van der Waals surface area contributed by atoms with Crippen LogP contribution >= 0.6 is 12.2 Å². The molecule has 0 saturated carbocycles. The molecule has 2 aliphatic heterocycles. The summed E-state index contributed by atoms with van der Waals surface area (Å²) in [6.07, 6.45) is 0.933. The van der Waals surface area contributed by atoms with E-state index in [1.54, 1.807) is 0 Å². The van der Waals surface area contributed by atoms with Crippen molar-refractivity contribution in [2.75, 3.05) is 26.5 Å². The average molecular weight is 401 g/mol. The van der Waals surface area contributed by atoms with Gasteiger partial charge in [0.05, 0.1) is 6.54 Å². The number of nitrogens with one attached hydrogen (secondary N) is 1. The van der Waals surface area contributed by atoms with Gasteiger partial charge in [-0.05, 0) is 48.5 Å². The van der Waals surface area contributed by atoms with E-state index in [-0.39, 0.29) is 12.9 Å². The summed E-state index contributed by atoms with van der Waals surface area (Å²) in [7, 11) is 0. The number of ether oxygens (including phenoxy) is 4. The number of para-hydroxylation sites is 2. The highest BCUT2D eigenvalue weighted by Gasteiger charge is 2.24. The van der Waals surface area contributed by atoms with Crippen LogP contribution in [-0.2, 0) is 6.54 Å². The molecule has 0 bridgehead atoms. The quantitative estimate of drug-likeness (QED) is 0.747. The van der Waals surface area contributed by atoms with Gasteiger partial charge in [-0.15, -0.1) is 0 Å². The first-order chi connectivity index (χ1) is 13.7. The minimum absolute atomic E-state index is 0.0632. The molecule has 0 aliphatic carbocycles. The molecule has 0 amide bonds. The zero-order chi connectivity index (χ0) is 19.3. The van der Waals surface area contributed by atoms with Crippen LogP contribution in [0.4, 0.5) is 0 Å². The van der Waals surface area contributed by atoms with E-state index in [4.69, 9.17) is 31.2 Å². The molecule has 28 heavy (non-hydrogen) atoms. The molecule has 4 rings (SSSR count). The topological polar surface area (TPSA) is 52.2 Å². The molecule has 0 saturated heterocycles. The molecule has 0 aromatic heterocycles. The van der Waals surface area contributed by atoms with Crippen molar-refractivity contribution in [2.45, 2.75) is 26.0 Å². The van der Waals surface area contributed by atoms with Crippen LogP contribution in [0.1, 0.15) is 18.9 Å². The van der Waals surface area contributed by atoms with Crippen LogP contribution in [-0.4, -0.2) is 42.6 Å². The van der Waals surface area contributed by atoms with Crippen LogP contribution in [0.3, 0.4) is 0 Å². The van der Waals surface area contributed by atoms with Crippen molar-refractivity contribution in [1.29, 1.82) is 0 Å². The second-order valence-corrected chi connectivity index (χ2v) is 7.18. The van der Waals surface area contributed by atoms with Gasteiger partial charge in [0, 0.05) is 13.1 Å². The summed E-state index contributed by atoms with van der Waals surface area (Å²) in [6, 6.07) is 13.7. The number of rotatable bonds is 6. The van der Waals surface area contributed by atoms with Gasteiger partial charge in [0.25, 0.3) is 0 Å².